The summed E-state index contributed by atoms with van der Waals surface area (Å²) in [6.07, 6.45) is 5.47. The van der Waals surface area contributed by atoms with E-state index in [2.05, 4.69) is 19.2 Å². The number of rotatable bonds is 5. The molecule has 1 aliphatic rings. The summed E-state index contributed by atoms with van der Waals surface area (Å²) >= 11 is 0. The normalized spacial score (nSPS) is 25.8. The summed E-state index contributed by atoms with van der Waals surface area (Å²) in [7, 11) is 1.47. The molecule has 1 rings (SSSR count). The van der Waals surface area contributed by atoms with E-state index in [9.17, 15) is 4.79 Å². The molecule has 1 N–H and O–H groups in total. The van der Waals surface area contributed by atoms with Crippen molar-refractivity contribution in [3.05, 3.63) is 0 Å². The molecule has 0 spiro atoms. The number of hydrogen-bond acceptors (Lipinski definition) is 3. The summed E-state index contributed by atoms with van der Waals surface area (Å²) in [4.78, 5) is 11.1. The Morgan fingerprint density at radius 3 is 2.31 bits per heavy atom. The monoisotopic (exact) mass is 227 g/mol. The smallest absolute Gasteiger partial charge is 0.305 e. The fraction of sp³-hybridized carbons (Fsp3) is 0.923. The van der Waals surface area contributed by atoms with Crippen molar-refractivity contribution in [2.45, 2.75) is 52.0 Å². The largest absolute Gasteiger partial charge is 0.469 e. The van der Waals surface area contributed by atoms with Gasteiger partial charge in [0.15, 0.2) is 0 Å². The van der Waals surface area contributed by atoms with Crippen molar-refractivity contribution in [3.8, 4) is 0 Å². The Morgan fingerprint density at radius 1 is 1.25 bits per heavy atom. The lowest BCUT2D eigenvalue weighted by atomic mass is 9.80. The molecule has 0 aromatic rings. The third kappa shape index (κ3) is 4.97. The number of methoxy groups -OCH3 is 1. The van der Waals surface area contributed by atoms with E-state index in [0.717, 1.165) is 12.5 Å². The van der Waals surface area contributed by atoms with Gasteiger partial charge in [-0.1, -0.05) is 13.8 Å². The van der Waals surface area contributed by atoms with Crippen LogP contribution in [-0.4, -0.2) is 25.7 Å². The van der Waals surface area contributed by atoms with Crippen molar-refractivity contribution in [1.29, 1.82) is 0 Å². The highest BCUT2D eigenvalue weighted by Crippen LogP contribution is 2.30. The summed E-state index contributed by atoms with van der Waals surface area (Å²) in [5.41, 5.74) is 0. The third-order valence-corrected chi connectivity index (χ3v) is 3.46. The quantitative estimate of drug-likeness (QED) is 0.733. The topological polar surface area (TPSA) is 38.3 Å². The van der Waals surface area contributed by atoms with Gasteiger partial charge in [0.1, 0.15) is 0 Å². The maximum absolute atomic E-state index is 11.1. The van der Waals surface area contributed by atoms with Crippen LogP contribution in [0.4, 0.5) is 0 Å². The molecule has 1 aliphatic carbocycles. The average molecular weight is 227 g/mol. The predicted molar refractivity (Wildman–Crippen MR) is 65.2 cm³/mol. The molecule has 3 nitrogen and oxygen atoms in total. The summed E-state index contributed by atoms with van der Waals surface area (Å²) in [5, 5.41) is 3.49. The van der Waals surface area contributed by atoms with E-state index in [0.29, 0.717) is 18.4 Å². The standard InChI is InChI=1S/C13H25NO2/c1-10(2)14-9-12-6-4-11(5-7-12)8-13(15)16-3/h10-12,14H,4-9H2,1-3H3. The molecular weight excluding hydrogens is 202 g/mol. The van der Waals surface area contributed by atoms with E-state index < -0.39 is 0 Å². The number of esters is 1. The van der Waals surface area contributed by atoms with Crippen LogP contribution in [0, 0.1) is 11.8 Å². The minimum absolute atomic E-state index is 0.0521. The zero-order valence-corrected chi connectivity index (χ0v) is 10.8. The molecule has 1 saturated carbocycles. The molecule has 0 aromatic heterocycles. The number of carbonyl (C=O) groups is 1. The van der Waals surface area contributed by atoms with Gasteiger partial charge in [0.2, 0.25) is 0 Å². The Bertz CT molecular complexity index is 208. The summed E-state index contributed by atoms with van der Waals surface area (Å²) < 4.78 is 4.71. The SMILES string of the molecule is COC(=O)CC1CCC(CNC(C)C)CC1. The molecule has 1 fully saturated rings. The van der Waals surface area contributed by atoms with Crippen molar-refractivity contribution in [3.63, 3.8) is 0 Å². The van der Waals surface area contributed by atoms with Crippen LogP contribution in [-0.2, 0) is 9.53 Å². The van der Waals surface area contributed by atoms with Gasteiger partial charge < -0.3 is 10.1 Å². The first-order valence-electron chi connectivity index (χ1n) is 6.42. The molecule has 16 heavy (non-hydrogen) atoms. The van der Waals surface area contributed by atoms with Gasteiger partial charge in [-0.15, -0.1) is 0 Å². The Morgan fingerprint density at radius 2 is 1.81 bits per heavy atom. The average Bonchev–Trinajstić information content (AvgIpc) is 2.28. The highest BCUT2D eigenvalue weighted by atomic mass is 16.5. The first-order valence-corrected chi connectivity index (χ1v) is 6.42. The fourth-order valence-electron chi connectivity index (χ4n) is 2.36. The maximum atomic E-state index is 11.1. The van der Waals surface area contributed by atoms with Crippen molar-refractivity contribution in [1.82, 2.24) is 5.32 Å². The molecule has 0 radical (unpaired) electrons. The third-order valence-electron chi connectivity index (χ3n) is 3.46. The van der Waals surface area contributed by atoms with Crippen LogP contribution in [0.25, 0.3) is 0 Å². The molecule has 0 aliphatic heterocycles. The van der Waals surface area contributed by atoms with Gasteiger partial charge in [-0.05, 0) is 44.1 Å². The first-order chi connectivity index (χ1) is 7.61. The van der Waals surface area contributed by atoms with Gasteiger partial charge in [-0.2, -0.15) is 0 Å². The van der Waals surface area contributed by atoms with Gasteiger partial charge >= 0.3 is 5.97 Å². The molecule has 94 valence electrons. The highest BCUT2D eigenvalue weighted by molar-refractivity contribution is 5.69. The van der Waals surface area contributed by atoms with Crippen LogP contribution in [0.5, 0.6) is 0 Å². The minimum atomic E-state index is -0.0521. The van der Waals surface area contributed by atoms with Gasteiger partial charge in [-0.3, -0.25) is 4.79 Å². The number of nitrogens with one attached hydrogen (secondary N) is 1. The summed E-state index contributed by atoms with van der Waals surface area (Å²) in [5.74, 6) is 1.31. The molecular formula is C13H25NO2. The van der Waals surface area contributed by atoms with E-state index in [1.165, 1.54) is 32.8 Å². The van der Waals surface area contributed by atoms with Crippen molar-refractivity contribution < 1.29 is 9.53 Å². The second kappa shape index (κ2) is 6.89. The molecule has 0 bridgehead atoms. The number of ether oxygens (including phenoxy) is 1. The van der Waals surface area contributed by atoms with E-state index in [1.807, 2.05) is 0 Å². The molecule has 0 heterocycles. The van der Waals surface area contributed by atoms with E-state index in [1.54, 1.807) is 0 Å². The summed E-state index contributed by atoms with van der Waals surface area (Å²) in [6.45, 7) is 5.49. The Kier molecular flexibility index (Phi) is 5.81. The van der Waals surface area contributed by atoms with Crippen LogP contribution < -0.4 is 5.32 Å². The zero-order valence-electron chi connectivity index (χ0n) is 10.8. The maximum Gasteiger partial charge on any atom is 0.305 e. The van der Waals surface area contributed by atoms with Gasteiger partial charge in [0, 0.05) is 12.5 Å². The summed E-state index contributed by atoms with van der Waals surface area (Å²) in [6, 6.07) is 0.577. The fourth-order valence-corrected chi connectivity index (χ4v) is 2.36. The molecule has 3 heteroatoms. The van der Waals surface area contributed by atoms with Crippen LogP contribution in [0.3, 0.4) is 0 Å². The van der Waals surface area contributed by atoms with Crippen LogP contribution >= 0.6 is 0 Å². The van der Waals surface area contributed by atoms with Gasteiger partial charge in [0.05, 0.1) is 7.11 Å². The second-order valence-electron chi connectivity index (χ2n) is 5.23. The lowest BCUT2D eigenvalue weighted by Gasteiger charge is -2.28. The van der Waals surface area contributed by atoms with Gasteiger partial charge in [-0.25, -0.2) is 0 Å². The molecule has 0 aromatic carbocycles. The lowest BCUT2D eigenvalue weighted by Crippen LogP contribution is -2.31. The highest BCUT2D eigenvalue weighted by Gasteiger charge is 2.23. The van der Waals surface area contributed by atoms with E-state index >= 15 is 0 Å². The molecule has 0 saturated heterocycles. The number of carbonyl (C=O) groups excluding carboxylic acids is 1. The Labute approximate surface area is 98.9 Å². The number of hydrogen-bond donors (Lipinski definition) is 1. The molecule has 0 atom stereocenters. The van der Waals surface area contributed by atoms with Crippen molar-refractivity contribution >= 4 is 5.97 Å². The van der Waals surface area contributed by atoms with Crippen molar-refractivity contribution in [2.75, 3.05) is 13.7 Å². The minimum Gasteiger partial charge on any atom is -0.469 e. The Hall–Kier alpha value is -0.570. The first kappa shape index (κ1) is 13.5. The second-order valence-corrected chi connectivity index (χ2v) is 5.23. The van der Waals surface area contributed by atoms with Crippen molar-refractivity contribution in [2.24, 2.45) is 11.8 Å². The molecule has 0 amide bonds. The predicted octanol–water partition coefficient (Wildman–Crippen LogP) is 2.35. The van der Waals surface area contributed by atoms with Gasteiger partial charge in [0.25, 0.3) is 0 Å². The van der Waals surface area contributed by atoms with E-state index in [-0.39, 0.29) is 5.97 Å². The molecule has 0 unspecified atom stereocenters. The Balaban J connectivity index is 2.16. The van der Waals surface area contributed by atoms with Crippen LogP contribution in [0.15, 0.2) is 0 Å². The lowest BCUT2D eigenvalue weighted by molar-refractivity contribution is -0.142. The van der Waals surface area contributed by atoms with Crippen LogP contribution in [0.1, 0.15) is 46.0 Å². The zero-order chi connectivity index (χ0) is 12.0. The van der Waals surface area contributed by atoms with Crippen LogP contribution in [0.2, 0.25) is 0 Å². The van der Waals surface area contributed by atoms with E-state index in [4.69, 9.17) is 4.74 Å².